The SMILES string of the molecule is C[C@@H](C(=O)O)n1cc(-c2cccc(Cl)c2)cn1. The van der Waals surface area contributed by atoms with Crippen molar-refractivity contribution in [3.8, 4) is 11.1 Å². The first-order valence-corrected chi connectivity index (χ1v) is 5.48. The number of benzene rings is 1. The molecule has 0 unspecified atom stereocenters. The van der Waals surface area contributed by atoms with Crippen LogP contribution in [0.3, 0.4) is 0 Å². The highest BCUT2D eigenvalue weighted by molar-refractivity contribution is 6.30. The molecule has 88 valence electrons. The van der Waals surface area contributed by atoms with Gasteiger partial charge < -0.3 is 5.11 Å². The van der Waals surface area contributed by atoms with E-state index in [9.17, 15) is 4.79 Å². The monoisotopic (exact) mass is 250 g/mol. The van der Waals surface area contributed by atoms with E-state index in [0.717, 1.165) is 11.1 Å². The van der Waals surface area contributed by atoms with Crippen LogP contribution < -0.4 is 0 Å². The lowest BCUT2D eigenvalue weighted by atomic mass is 10.1. The van der Waals surface area contributed by atoms with Gasteiger partial charge in [0.15, 0.2) is 0 Å². The molecule has 0 aliphatic rings. The molecule has 0 aliphatic carbocycles. The highest BCUT2D eigenvalue weighted by Gasteiger charge is 2.14. The van der Waals surface area contributed by atoms with E-state index < -0.39 is 12.0 Å². The standard InChI is InChI=1S/C12H11ClN2O2/c1-8(12(16)17)15-7-10(6-14-15)9-3-2-4-11(13)5-9/h2-8H,1H3,(H,16,17)/t8-/m0/s1. The molecule has 0 aliphatic heterocycles. The van der Waals surface area contributed by atoms with Crippen LogP contribution >= 0.6 is 11.6 Å². The van der Waals surface area contributed by atoms with E-state index in [1.807, 2.05) is 18.2 Å². The second-order valence-corrected chi connectivity index (χ2v) is 4.17. The Hall–Kier alpha value is -1.81. The van der Waals surface area contributed by atoms with Gasteiger partial charge >= 0.3 is 5.97 Å². The number of aromatic nitrogens is 2. The first-order chi connectivity index (χ1) is 8.08. The molecule has 1 aromatic heterocycles. The summed E-state index contributed by atoms with van der Waals surface area (Å²) < 4.78 is 1.42. The van der Waals surface area contributed by atoms with Crippen molar-refractivity contribution >= 4 is 17.6 Å². The highest BCUT2D eigenvalue weighted by atomic mass is 35.5. The maximum Gasteiger partial charge on any atom is 0.328 e. The second kappa shape index (κ2) is 4.59. The third kappa shape index (κ3) is 2.47. The zero-order chi connectivity index (χ0) is 12.4. The van der Waals surface area contributed by atoms with E-state index in [4.69, 9.17) is 16.7 Å². The molecular formula is C12H11ClN2O2. The zero-order valence-electron chi connectivity index (χ0n) is 9.17. The van der Waals surface area contributed by atoms with Crippen LogP contribution in [0.25, 0.3) is 11.1 Å². The minimum absolute atomic E-state index is 0.640. The summed E-state index contributed by atoms with van der Waals surface area (Å²) in [5.74, 6) is -0.911. The normalized spacial score (nSPS) is 12.4. The summed E-state index contributed by atoms with van der Waals surface area (Å²) >= 11 is 5.89. The van der Waals surface area contributed by atoms with Gasteiger partial charge in [-0.05, 0) is 24.6 Å². The van der Waals surface area contributed by atoms with E-state index in [2.05, 4.69) is 5.10 Å². The van der Waals surface area contributed by atoms with Gasteiger partial charge in [-0.25, -0.2) is 4.79 Å². The van der Waals surface area contributed by atoms with Gasteiger partial charge in [-0.15, -0.1) is 0 Å². The van der Waals surface area contributed by atoms with Crippen LogP contribution in [0.2, 0.25) is 5.02 Å². The van der Waals surface area contributed by atoms with Crippen LogP contribution in [0.15, 0.2) is 36.7 Å². The van der Waals surface area contributed by atoms with E-state index in [1.165, 1.54) is 4.68 Å². The minimum atomic E-state index is -0.911. The number of hydrogen-bond donors (Lipinski definition) is 1. The molecule has 4 nitrogen and oxygen atoms in total. The quantitative estimate of drug-likeness (QED) is 0.911. The summed E-state index contributed by atoms with van der Waals surface area (Å²) in [5.41, 5.74) is 1.77. The maximum atomic E-state index is 10.8. The molecule has 0 amide bonds. The van der Waals surface area contributed by atoms with Gasteiger partial charge in [0.2, 0.25) is 0 Å². The largest absolute Gasteiger partial charge is 0.480 e. The summed E-state index contributed by atoms with van der Waals surface area (Å²) in [7, 11) is 0. The fraction of sp³-hybridized carbons (Fsp3) is 0.167. The third-order valence-corrected chi connectivity index (χ3v) is 2.75. The van der Waals surface area contributed by atoms with Gasteiger partial charge in [0, 0.05) is 16.8 Å². The molecule has 1 atom stereocenters. The van der Waals surface area contributed by atoms with Crippen LogP contribution in [0.4, 0.5) is 0 Å². The van der Waals surface area contributed by atoms with Gasteiger partial charge in [-0.1, -0.05) is 23.7 Å². The fourth-order valence-electron chi connectivity index (χ4n) is 1.48. The van der Waals surface area contributed by atoms with Gasteiger partial charge in [-0.3, -0.25) is 4.68 Å². The van der Waals surface area contributed by atoms with Crippen molar-refractivity contribution in [2.75, 3.05) is 0 Å². The number of hydrogen-bond acceptors (Lipinski definition) is 2. The molecule has 5 heteroatoms. The maximum absolute atomic E-state index is 10.8. The van der Waals surface area contributed by atoms with Crippen LogP contribution in [-0.2, 0) is 4.79 Å². The Morgan fingerprint density at radius 1 is 1.47 bits per heavy atom. The molecule has 0 fully saturated rings. The molecule has 0 radical (unpaired) electrons. The first-order valence-electron chi connectivity index (χ1n) is 5.11. The summed E-state index contributed by atoms with van der Waals surface area (Å²) in [5, 5.41) is 13.6. The smallest absolute Gasteiger partial charge is 0.328 e. The molecule has 0 saturated carbocycles. The summed E-state index contributed by atoms with van der Waals surface area (Å²) in [4.78, 5) is 10.8. The second-order valence-electron chi connectivity index (χ2n) is 3.73. The summed E-state index contributed by atoms with van der Waals surface area (Å²) in [6, 6.07) is 6.67. The van der Waals surface area contributed by atoms with Crippen LogP contribution in [-0.4, -0.2) is 20.9 Å². The summed E-state index contributed by atoms with van der Waals surface area (Å²) in [6.07, 6.45) is 3.33. The van der Waals surface area contributed by atoms with Crippen molar-refractivity contribution < 1.29 is 9.90 Å². The van der Waals surface area contributed by atoms with E-state index in [0.29, 0.717) is 5.02 Å². The molecule has 1 N–H and O–H groups in total. The zero-order valence-corrected chi connectivity index (χ0v) is 9.93. The topological polar surface area (TPSA) is 55.1 Å². The van der Waals surface area contributed by atoms with Gasteiger partial charge in [0.25, 0.3) is 0 Å². The number of carboxylic acids is 1. The van der Waals surface area contributed by atoms with Crippen LogP contribution in [0.5, 0.6) is 0 Å². The lowest BCUT2D eigenvalue weighted by Crippen LogP contribution is -2.15. The predicted molar refractivity (Wildman–Crippen MR) is 65.0 cm³/mol. The van der Waals surface area contributed by atoms with Crippen molar-refractivity contribution in [1.29, 1.82) is 0 Å². The molecule has 0 bridgehead atoms. The lowest BCUT2D eigenvalue weighted by molar-refractivity contribution is -0.140. The average molecular weight is 251 g/mol. The van der Waals surface area contributed by atoms with Crippen molar-refractivity contribution in [1.82, 2.24) is 9.78 Å². The van der Waals surface area contributed by atoms with Crippen molar-refractivity contribution in [2.24, 2.45) is 0 Å². The molecule has 2 rings (SSSR count). The van der Waals surface area contributed by atoms with Crippen LogP contribution in [0, 0.1) is 0 Å². The Morgan fingerprint density at radius 2 is 2.24 bits per heavy atom. The Bertz CT molecular complexity index is 551. The number of aliphatic carboxylic acids is 1. The molecule has 1 aromatic carbocycles. The molecule has 2 aromatic rings. The molecule has 0 spiro atoms. The van der Waals surface area contributed by atoms with E-state index in [1.54, 1.807) is 25.4 Å². The number of rotatable bonds is 3. The fourth-order valence-corrected chi connectivity index (χ4v) is 1.67. The van der Waals surface area contributed by atoms with Crippen molar-refractivity contribution in [2.45, 2.75) is 13.0 Å². The average Bonchev–Trinajstić information content (AvgIpc) is 2.77. The summed E-state index contributed by atoms with van der Waals surface area (Å²) in [6.45, 7) is 1.58. The predicted octanol–water partition coefficient (Wildman–Crippen LogP) is 2.85. The van der Waals surface area contributed by atoms with Gasteiger partial charge in [-0.2, -0.15) is 5.10 Å². The Balaban J connectivity index is 2.33. The van der Waals surface area contributed by atoms with Crippen molar-refractivity contribution in [3.05, 3.63) is 41.7 Å². The van der Waals surface area contributed by atoms with Gasteiger partial charge in [0.1, 0.15) is 6.04 Å². The van der Waals surface area contributed by atoms with Gasteiger partial charge in [0.05, 0.1) is 6.20 Å². The lowest BCUT2D eigenvalue weighted by Gasteiger charge is -2.05. The van der Waals surface area contributed by atoms with E-state index >= 15 is 0 Å². The molecule has 0 saturated heterocycles. The highest BCUT2D eigenvalue weighted by Crippen LogP contribution is 2.22. The number of carboxylic acid groups (broad SMARTS) is 1. The first kappa shape index (κ1) is 11.7. The Morgan fingerprint density at radius 3 is 2.88 bits per heavy atom. The van der Waals surface area contributed by atoms with Crippen LogP contribution in [0.1, 0.15) is 13.0 Å². The Kier molecular flexibility index (Phi) is 3.15. The molecule has 17 heavy (non-hydrogen) atoms. The number of halogens is 1. The third-order valence-electron chi connectivity index (χ3n) is 2.51. The number of nitrogens with zero attached hydrogens (tertiary/aromatic N) is 2. The number of carbonyl (C=O) groups is 1. The minimum Gasteiger partial charge on any atom is -0.480 e. The Labute approximate surface area is 103 Å². The van der Waals surface area contributed by atoms with Crippen molar-refractivity contribution in [3.63, 3.8) is 0 Å². The van der Waals surface area contributed by atoms with E-state index in [-0.39, 0.29) is 0 Å². The molecular weight excluding hydrogens is 240 g/mol. The molecule has 1 heterocycles.